The number of ether oxygens (including phenoxy) is 1. The van der Waals surface area contributed by atoms with Gasteiger partial charge in [0.1, 0.15) is 12.7 Å². The minimum absolute atomic E-state index is 0.213. The van der Waals surface area contributed by atoms with Crippen LogP contribution in [0.2, 0.25) is 0 Å². The van der Waals surface area contributed by atoms with E-state index in [2.05, 4.69) is 37.3 Å². The fourth-order valence-electron chi connectivity index (χ4n) is 1.93. The van der Waals surface area contributed by atoms with Gasteiger partial charge in [-0.15, -0.1) is 0 Å². The molecule has 2 atom stereocenters. The van der Waals surface area contributed by atoms with E-state index >= 15 is 0 Å². The molecule has 2 aromatic rings. The van der Waals surface area contributed by atoms with Gasteiger partial charge in [-0.3, -0.25) is 0 Å². The highest BCUT2D eigenvalue weighted by atomic mass is 32.2. The van der Waals surface area contributed by atoms with Gasteiger partial charge in [0.15, 0.2) is 5.16 Å². The van der Waals surface area contributed by atoms with Gasteiger partial charge < -0.3 is 10.1 Å². The fraction of sp³-hybridized carbons (Fsp3) is 0.545. The molecule has 0 bridgehead atoms. The van der Waals surface area contributed by atoms with Crippen molar-refractivity contribution in [2.45, 2.75) is 29.9 Å². The van der Waals surface area contributed by atoms with Gasteiger partial charge in [0.25, 0.3) is 5.95 Å². The molecule has 1 aliphatic heterocycles. The van der Waals surface area contributed by atoms with Crippen LogP contribution in [0.3, 0.4) is 0 Å². The summed E-state index contributed by atoms with van der Waals surface area (Å²) in [5.74, 6) is 0.968. The monoisotopic (exact) mass is 293 g/mol. The van der Waals surface area contributed by atoms with Crippen molar-refractivity contribution in [2.75, 3.05) is 19.0 Å². The van der Waals surface area contributed by atoms with E-state index < -0.39 is 0 Å². The van der Waals surface area contributed by atoms with Crippen LogP contribution in [0.4, 0.5) is 5.95 Å². The number of rotatable bonds is 4. The van der Waals surface area contributed by atoms with Crippen LogP contribution < -0.4 is 5.32 Å². The van der Waals surface area contributed by atoms with Gasteiger partial charge in [0, 0.05) is 18.9 Å². The summed E-state index contributed by atoms with van der Waals surface area (Å²) in [6.07, 6.45) is 4.22. The minimum Gasteiger partial charge on any atom is -0.377 e. The SMILES string of the molecule is CNc1nc(SC2CCOC2C)nc(-n2cncn2)n1. The van der Waals surface area contributed by atoms with Crippen molar-refractivity contribution in [1.29, 1.82) is 0 Å². The lowest BCUT2D eigenvalue weighted by molar-refractivity contribution is 0.127. The zero-order valence-electron chi connectivity index (χ0n) is 11.2. The Morgan fingerprint density at radius 2 is 2.30 bits per heavy atom. The molecule has 3 heterocycles. The molecule has 0 saturated carbocycles. The molecular formula is C11H15N7OS. The molecule has 0 aliphatic carbocycles. The second kappa shape index (κ2) is 5.71. The first-order valence-electron chi connectivity index (χ1n) is 6.33. The van der Waals surface area contributed by atoms with Crippen LogP contribution in [0.5, 0.6) is 0 Å². The van der Waals surface area contributed by atoms with Crippen molar-refractivity contribution < 1.29 is 4.74 Å². The summed E-state index contributed by atoms with van der Waals surface area (Å²) in [5, 5.41) is 8.01. The maximum Gasteiger partial charge on any atom is 0.257 e. The van der Waals surface area contributed by atoms with E-state index in [0.29, 0.717) is 22.3 Å². The van der Waals surface area contributed by atoms with Crippen molar-refractivity contribution in [3.05, 3.63) is 12.7 Å². The van der Waals surface area contributed by atoms with Crippen LogP contribution in [0.1, 0.15) is 13.3 Å². The van der Waals surface area contributed by atoms with E-state index in [0.717, 1.165) is 13.0 Å². The first kappa shape index (κ1) is 13.3. The molecule has 1 saturated heterocycles. The van der Waals surface area contributed by atoms with Gasteiger partial charge in [-0.1, -0.05) is 11.8 Å². The average molecular weight is 293 g/mol. The molecule has 3 rings (SSSR count). The first-order valence-corrected chi connectivity index (χ1v) is 7.21. The van der Waals surface area contributed by atoms with Gasteiger partial charge in [-0.2, -0.15) is 24.7 Å². The third-order valence-corrected chi connectivity index (χ3v) is 4.33. The third kappa shape index (κ3) is 2.73. The molecule has 1 aliphatic rings. The number of hydrogen-bond acceptors (Lipinski definition) is 8. The van der Waals surface area contributed by atoms with Crippen LogP contribution >= 0.6 is 11.8 Å². The van der Waals surface area contributed by atoms with Gasteiger partial charge in [0.05, 0.1) is 6.10 Å². The summed E-state index contributed by atoms with van der Waals surface area (Å²) in [6.45, 7) is 2.86. The largest absolute Gasteiger partial charge is 0.377 e. The third-order valence-electron chi connectivity index (χ3n) is 3.01. The maximum atomic E-state index is 5.56. The molecule has 2 aromatic heterocycles. The second-order valence-corrected chi connectivity index (χ2v) is 5.56. The van der Waals surface area contributed by atoms with Gasteiger partial charge >= 0.3 is 0 Å². The van der Waals surface area contributed by atoms with Crippen LogP contribution in [0.15, 0.2) is 17.8 Å². The predicted octanol–water partition coefficient (Wildman–Crippen LogP) is 0.763. The average Bonchev–Trinajstić information content (AvgIpc) is 3.11. The summed E-state index contributed by atoms with van der Waals surface area (Å²) >= 11 is 1.61. The Morgan fingerprint density at radius 1 is 1.40 bits per heavy atom. The second-order valence-electron chi connectivity index (χ2n) is 4.35. The molecule has 106 valence electrons. The summed E-state index contributed by atoms with van der Waals surface area (Å²) in [5.41, 5.74) is 0. The molecule has 0 spiro atoms. The number of hydrogen-bond donors (Lipinski definition) is 1. The van der Waals surface area contributed by atoms with E-state index in [-0.39, 0.29) is 6.10 Å². The summed E-state index contributed by atoms with van der Waals surface area (Å²) in [6, 6.07) is 0. The number of nitrogens with one attached hydrogen (secondary N) is 1. The lowest BCUT2D eigenvalue weighted by Crippen LogP contribution is -2.15. The molecule has 8 nitrogen and oxygen atoms in total. The van der Waals surface area contributed by atoms with Crippen LogP contribution in [0.25, 0.3) is 5.95 Å². The smallest absolute Gasteiger partial charge is 0.257 e. The highest BCUT2D eigenvalue weighted by Crippen LogP contribution is 2.30. The van der Waals surface area contributed by atoms with E-state index in [1.165, 1.54) is 11.0 Å². The Labute approximate surface area is 120 Å². The molecule has 0 aromatic carbocycles. The number of nitrogens with zero attached hydrogens (tertiary/aromatic N) is 6. The summed E-state index contributed by atoms with van der Waals surface area (Å²) < 4.78 is 7.08. The van der Waals surface area contributed by atoms with Gasteiger partial charge in [0.2, 0.25) is 5.95 Å². The molecule has 0 radical (unpaired) electrons. The zero-order chi connectivity index (χ0) is 13.9. The fourth-order valence-corrected chi connectivity index (χ4v) is 2.96. The predicted molar refractivity (Wildman–Crippen MR) is 74.0 cm³/mol. The van der Waals surface area contributed by atoms with Crippen LogP contribution in [-0.4, -0.2) is 54.7 Å². The molecule has 1 fully saturated rings. The highest BCUT2D eigenvalue weighted by molar-refractivity contribution is 7.99. The maximum absolute atomic E-state index is 5.56. The van der Waals surface area contributed by atoms with Crippen molar-refractivity contribution in [1.82, 2.24) is 29.7 Å². The van der Waals surface area contributed by atoms with E-state index in [1.807, 2.05) is 0 Å². The minimum atomic E-state index is 0.213. The lowest BCUT2D eigenvalue weighted by Gasteiger charge is -2.13. The number of anilines is 1. The Morgan fingerprint density at radius 3 is 2.95 bits per heavy atom. The quantitative estimate of drug-likeness (QED) is 0.883. The van der Waals surface area contributed by atoms with Crippen molar-refractivity contribution >= 4 is 17.7 Å². The molecule has 9 heteroatoms. The normalized spacial score (nSPS) is 22.1. The zero-order valence-corrected chi connectivity index (χ0v) is 12.0. The Balaban J connectivity index is 1.88. The van der Waals surface area contributed by atoms with E-state index in [9.17, 15) is 0 Å². The van der Waals surface area contributed by atoms with Gasteiger partial charge in [-0.05, 0) is 13.3 Å². The number of aromatic nitrogens is 6. The van der Waals surface area contributed by atoms with Crippen LogP contribution in [0, 0.1) is 0 Å². The Hall–Kier alpha value is -1.74. The molecule has 2 unspecified atom stereocenters. The molecule has 0 amide bonds. The molecule has 1 N–H and O–H groups in total. The van der Waals surface area contributed by atoms with E-state index in [4.69, 9.17) is 4.74 Å². The van der Waals surface area contributed by atoms with Crippen LogP contribution in [-0.2, 0) is 4.74 Å². The molecular weight excluding hydrogens is 278 g/mol. The number of thioether (sulfide) groups is 1. The molecule has 20 heavy (non-hydrogen) atoms. The first-order chi connectivity index (χ1) is 9.76. The lowest BCUT2D eigenvalue weighted by atomic mass is 10.3. The standard InChI is InChI=1S/C11H15N7OS/c1-7-8(3-4-19-7)20-11-16-9(12-2)15-10(17-11)18-6-13-5-14-18/h5-8H,3-4H2,1-2H3,(H,12,15,16,17). The topological polar surface area (TPSA) is 90.6 Å². The van der Waals surface area contributed by atoms with Crippen molar-refractivity contribution in [3.63, 3.8) is 0 Å². The summed E-state index contributed by atoms with van der Waals surface area (Å²) in [7, 11) is 1.77. The van der Waals surface area contributed by atoms with Crippen molar-refractivity contribution in [2.24, 2.45) is 0 Å². The van der Waals surface area contributed by atoms with E-state index in [1.54, 1.807) is 25.1 Å². The van der Waals surface area contributed by atoms with Crippen molar-refractivity contribution in [3.8, 4) is 5.95 Å². The Kier molecular flexibility index (Phi) is 3.79. The van der Waals surface area contributed by atoms with Gasteiger partial charge in [-0.25, -0.2) is 4.98 Å². The highest BCUT2D eigenvalue weighted by Gasteiger charge is 2.26. The Bertz CT molecular complexity index is 576. The summed E-state index contributed by atoms with van der Waals surface area (Å²) in [4.78, 5) is 17.0.